The number of rotatable bonds is 5. The zero-order valence-corrected chi connectivity index (χ0v) is 15.9. The summed E-state index contributed by atoms with van der Waals surface area (Å²) in [6, 6.07) is 12.7. The van der Waals surface area contributed by atoms with Crippen LogP contribution < -0.4 is 5.32 Å². The molecule has 0 fully saturated rings. The molecule has 0 aliphatic rings. The van der Waals surface area contributed by atoms with Crippen molar-refractivity contribution in [1.82, 2.24) is 14.6 Å². The average molecular weight is 411 g/mol. The van der Waals surface area contributed by atoms with Crippen molar-refractivity contribution in [3.63, 3.8) is 0 Å². The van der Waals surface area contributed by atoms with Gasteiger partial charge in [-0.1, -0.05) is 30.0 Å². The molecular weight excluding hydrogens is 397 g/mol. The number of hydrogen-bond acceptors (Lipinski definition) is 6. The van der Waals surface area contributed by atoms with Gasteiger partial charge in [0.15, 0.2) is 10.8 Å². The standard InChI is InChI=1S/C19H14FN5O3S/c1-11-8-17-22-23-19(24(17)15-5-3-2-4-13(11)15)29-10-18(26)21-14-7-6-12(20)9-16(14)25(27)28/h2-9H,10H2,1H3,(H,21,26). The highest BCUT2D eigenvalue weighted by molar-refractivity contribution is 7.99. The van der Waals surface area contributed by atoms with Crippen molar-refractivity contribution in [2.45, 2.75) is 12.1 Å². The number of halogens is 1. The highest BCUT2D eigenvalue weighted by Gasteiger charge is 2.18. The molecular formula is C19H14FN5O3S. The van der Waals surface area contributed by atoms with Gasteiger partial charge in [-0.25, -0.2) is 4.39 Å². The number of fused-ring (bicyclic) bond motifs is 3. The number of para-hydroxylation sites is 1. The molecule has 0 saturated heterocycles. The summed E-state index contributed by atoms with van der Waals surface area (Å²) >= 11 is 1.16. The monoisotopic (exact) mass is 411 g/mol. The Labute approximate surface area is 167 Å². The van der Waals surface area contributed by atoms with E-state index in [1.165, 1.54) is 6.07 Å². The number of carbonyl (C=O) groups excluding carboxylic acids is 1. The van der Waals surface area contributed by atoms with E-state index in [-0.39, 0.29) is 11.4 Å². The van der Waals surface area contributed by atoms with Gasteiger partial charge in [-0.15, -0.1) is 10.2 Å². The van der Waals surface area contributed by atoms with E-state index in [9.17, 15) is 19.3 Å². The van der Waals surface area contributed by atoms with Gasteiger partial charge in [-0.2, -0.15) is 0 Å². The highest BCUT2D eigenvalue weighted by Crippen LogP contribution is 2.27. The number of aryl methyl sites for hydroxylation is 1. The first-order valence-corrected chi connectivity index (χ1v) is 9.52. The molecule has 2 aromatic carbocycles. The number of thioether (sulfide) groups is 1. The molecule has 4 rings (SSSR count). The fourth-order valence-corrected chi connectivity index (χ4v) is 3.80. The Morgan fingerprint density at radius 1 is 1.24 bits per heavy atom. The highest BCUT2D eigenvalue weighted by atomic mass is 32.2. The van der Waals surface area contributed by atoms with Crippen LogP contribution in [-0.2, 0) is 4.79 Å². The molecule has 0 atom stereocenters. The third-order valence-corrected chi connectivity index (χ3v) is 5.27. The fourth-order valence-electron chi connectivity index (χ4n) is 3.05. The number of nitrogens with zero attached hydrogens (tertiary/aromatic N) is 4. The summed E-state index contributed by atoms with van der Waals surface area (Å²) in [5, 5.41) is 23.4. The second kappa shape index (κ2) is 7.47. The molecule has 29 heavy (non-hydrogen) atoms. The van der Waals surface area contributed by atoms with Gasteiger partial charge in [0.1, 0.15) is 11.5 Å². The van der Waals surface area contributed by atoms with Gasteiger partial charge in [0.05, 0.1) is 22.3 Å². The Bertz CT molecular complexity index is 1270. The Kier molecular flexibility index (Phi) is 4.85. The van der Waals surface area contributed by atoms with Crippen LogP contribution >= 0.6 is 11.8 Å². The number of benzene rings is 2. The van der Waals surface area contributed by atoms with Crippen molar-refractivity contribution < 1.29 is 14.1 Å². The summed E-state index contributed by atoms with van der Waals surface area (Å²) in [7, 11) is 0. The lowest BCUT2D eigenvalue weighted by Crippen LogP contribution is -2.15. The van der Waals surface area contributed by atoms with Crippen LogP contribution in [0.1, 0.15) is 5.56 Å². The fraction of sp³-hybridized carbons (Fsp3) is 0.105. The van der Waals surface area contributed by atoms with Gasteiger partial charge in [0, 0.05) is 5.39 Å². The van der Waals surface area contributed by atoms with Crippen LogP contribution in [0.3, 0.4) is 0 Å². The van der Waals surface area contributed by atoms with Gasteiger partial charge >= 0.3 is 0 Å². The van der Waals surface area contributed by atoms with Crippen LogP contribution in [-0.4, -0.2) is 31.2 Å². The molecule has 0 radical (unpaired) electrons. The zero-order chi connectivity index (χ0) is 20.5. The minimum atomic E-state index is -0.749. The first-order valence-electron chi connectivity index (χ1n) is 8.54. The van der Waals surface area contributed by atoms with Crippen LogP contribution in [0, 0.1) is 22.9 Å². The van der Waals surface area contributed by atoms with E-state index >= 15 is 0 Å². The van der Waals surface area contributed by atoms with Crippen molar-refractivity contribution >= 4 is 45.6 Å². The van der Waals surface area contributed by atoms with Crippen LogP contribution in [0.25, 0.3) is 16.6 Å². The molecule has 10 heteroatoms. The Hall–Kier alpha value is -3.53. The molecule has 8 nitrogen and oxygen atoms in total. The minimum absolute atomic E-state index is 0.0441. The van der Waals surface area contributed by atoms with Gasteiger partial charge < -0.3 is 5.32 Å². The lowest BCUT2D eigenvalue weighted by molar-refractivity contribution is -0.384. The van der Waals surface area contributed by atoms with Crippen molar-refractivity contribution in [2.75, 3.05) is 11.1 Å². The number of pyridine rings is 1. The third kappa shape index (κ3) is 3.61. The largest absolute Gasteiger partial charge is 0.320 e. The number of nitro benzene ring substituents is 1. The summed E-state index contributed by atoms with van der Waals surface area (Å²) in [5.74, 6) is -1.27. The van der Waals surface area contributed by atoms with E-state index in [2.05, 4.69) is 15.5 Å². The van der Waals surface area contributed by atoms with Crippen LogP contribution in [0.5, 0.6) is 0 Å². The zero-order valence-electron chi connectivity index (χ0n) is 15.1. The maximum atomic E-state index is 13.2. The topological polar surface area (TPSA) is 102 Å². The van der Waals surface area contributed by atoms with E-state index in [1.807, 2.05) is 41.7 Å². The van der Waals surface area contributed by atoms with E-state index in [0.29, 0.717) is 10.8 Å². The number of anilines is 1. The van der Waals surface area contributed by atoms with Gasteiger partial charge in [-0.3, -0.25) is 19.3 Å². The molecule has 146 valence electrons. The minimum Gasteiger partial charge on any atom is -0.320 e. The van der Waals surface area contributed by atoms with Crippen molar-refractivity contribution in [2.24, 2.45) is 0 Å². The van der Waals surface area contributed by atoms with E-state index < -0.39 is 22.3 Å². The molecule has 0 saturated carbocycles. The maximum absolute atomic E-state index is 13.2. The molecule has 0 aliphatic carbocycles. The lowest BCUT2D eigenvalue weighted by atomic mass is 10.1. The number of nitro groups is 1. The maximum Gasteiger partial charge on any atom is 0.295 e. The summed E-state index contributed by atoms with van der Waals surface area (Å²) in [6.07, 6.45) is 0. The first kappa shape index (κ1) is 18.8. The van der Waals surface area contributed by atoms with Gasteiger partial charge in [0.25, 0.3) is 5.69 Å². The Morgan fingerprint density at radius 3 is 2.83 bits per heavy atom. The summed E-state index contributed by atoms with van der Waals surface area (Å²) in [4.78, 5) is 22.6. The molecule has 1 N–H and O–H groups in total. The number of amides is 1. The predicted octanol–water partition coefficient (Wildman–Crippen LogP) is 3.97. The Morgan fingerprint density at radius 2 is 2.03 bits per heavy atom. The van der Waals surface area contributed by atoms with Gasteiger partial charge in [-0.05, 0) is 36.8 Å². The van der Waals surface area contributed by atoms with Crippen molar-refractivity contribution in [3.05, 3.63) is 70.0 Å². The second-order valence-electron chi connectivity index (χ2n) is 6.28. The van der Waals surface area contributed by atoms with Crippen LogP contribution in [0.15, 0.2) is 53.7 Å². The van der Waals surface area contributed by atoms with Crippen LogP contribution in [0.4, 0.5) is 15.8 Å². The smallest absolute Gasteiger partial charge is 0.295 e. The number of carbonyl (C=O) groups is 1. The van der Waals surface area contributed by atoms with Gasteiger partial charge in [0.2, 0.25) is 5.91 Å². The molecule has 0 unspecified atom stereocenters. The molecule has 1 amide bonds. The third-order valence-electron chi connectivity index (χ3n) is 4.34. The first-order chi connectivity index (χ1) is 13.9. The second-order valence-corrected chi connectivity index (χ2v) is 7.22. The number of aromatic nitrogens is 3. The number of hydrogen-bond donors (Lipinski definition) is 1. The summed E-state index contributed by atoms with van der Waals surface area (Å²) in [5.41, 5.74) is 2.09. The summed E-state index contributed by atoms with van der Waals surface area (Å²) in [6.45, 7) is 1.99. The van der Waals surface area contributed by atoms with Crippen molar-refractivity contribution in [3.8, 4) is 0 Å². The molecule has 0 bridgehead atoms. The van der Waals surface area contributed by atoms with E-state index in [1.54, 1.807) is 0 Å². The van der Waals surface area contributed by atoms with E-state index in [0.717, 1.165) is 40.4 Å². The Balaban J connectivity index is 1.57. The quantitative estimate of drug-likeness (QED) is 0.303. The molecule has 0 aliphatic heterocycles. The van der Waals surface area contributed by atoms with Crippen LogP contribution in [0.2, 0.25) is 0 Å². The average Bonchev–Trinajstić information content (AvgIpc) is 3.10. The molecule has 4 aromatic rings. The van der Waals surface area contributed by atoms with Crippen molar-refractivity contribution in [1.29, 1.82) is 0 Å². The predicted molar refractivity (Wildman–Crippen MR) is 108 cm³/mol. The lowest BCUT2D eigenvalue weighted by Gasteiger charge is -2.08. The van der Waals surface area contributed by atoms with E-state index in [4.69, 9.17) is 0 Å². The molecule has 2 aromatic heterocycles. The molecule has 2 heterocycles. The normalized spacial score (nSPS) is 11.1. The SMILES string of the molecule is Cc1cc2nnc(SCC(=O)Nc3ccc(F)cc3[N+](=O)[O-])n2c2ccccc12. The summed E-state index contributed by atoms with van der Waals surface area (Å²) < 4.78 is 15.1. The number of nitrogens with one attached hydrogen (secondary N) is 1. The molecule has 0 spiro atoms.